The second-order valence-electron chi connectivity index (χ2n) is 5.91. The standard InChI is InChI=1S/C19H23ClN2O4S/c1-4-18(19(23)21-15-8-12-17(13-9-15)26-5-2)22(27(3,24)25)16-10-6-14(20)7-11-16/h6-13,18H,4-5H2,1-3H3,(H,21,23)/t18-/m0/s1. The van der Waals surface area contributed by atoms with Crippen molar-refractivity contribution in [3.8, 4) is 5.75 Å². The lowest BCUT2D eigenvalue weighted by Gasteiger charge is -2.30. The first-order valence-electron chi connectivity index (χ1n) is 8.55. The summed E-state index contributed by atoms with van der Waals surface area (Å²) in [6.45, 7) is 4.20. The minimum atomic E-state index is -3.68. The number of amides is 1. The molecule has 0 unspecified atom stereocenters. The molecule has 0 spiro atoms. The number of carbonyl (C=O) groups excluding carboxylic acids is 1. The van der Waals surface area contributed by atoms with Gasteiger partial charge in [0.1, 0.15) is 11.8 Å². The molecule has 0 saturated heterocycles. The molecule has 6 nitrogen and oxygen atoms in total. The summed E-state index contributed by atoms with van der Waals surface area (Å²) >= 11 is 5.89. The summed E-state index contributed by atoms with van der Waals surface area (Å²) in [5.41, 5.74) is 0.946. The van der Waals surface area contributed by atoms with E-state index in [9.17, 15) is 13.2 Å². The van der Waals surface area contributed by atoms with Crippen LogP contribution in [0, 0.1) is 0 Å². The topological polar surface area (TPSA) is 75.7 Å². The van der Waals surface area contributed by atoms with Gasteiger partial charge < -0.3 is 10.1 Å². The number of hydrogen-bond acceptors (Lipinski definition) is 4. The van der Waals surface area contributed by atoms with Crippen molar-refractivity contribution < 1.29 is 17.9 Å². The van der Waals surface area contributed by atoms with Crippen LogP contribution >= 0.6 is 11.6 Å². The Hall–Kier alpha value is -2.25. The Morgan fingerprint density at radius 3 is 2.19 bits per heavy atom. The molecule has 1 amide bonds. The number of nitrogens with zero attached hydrogens (tertiary/aromatic N) is 1. The first-order chi connectivity index (χ1) is 12.8. The van der Waals surface area contributed by atoms with Gasteiger partial charge in [-0.2, -0.15) is 0 Å². The third kappa shape index (κ3) is 5.61. The predicted octanol–water partition coefficient (Wildman–Crippen LogP) is 3.92. The Balaban J connectivity index is 2.27. The van der Waals surface area contributed by atoms with Gasteiger partial charge in [-0.15, -0.1) is 0 Å². The summed E-state index contributed by atoms with van der Waals surface area (Å²) in [6.07, 6.45) is 1.38. The van der Waals surface area contributed by atoms with Crippen LogP contribution in [-0.2, 0) is 14.8 Å². The molecule has 0 aliphatic rings. The lowest BCUT2D eigenvalue weighted by atomic mass is 10.2. The molecule has 2 aromatic carbocycles. The number of sulfonamides is 1. The summed E-state index contributed by atoms with van der Waals surface area (Å²) in [6, 6.07) is 12.4. The van der Waals surface area contributed by atoms with Gasteiger partial charge in [-0.05, 0) is 61.9 Å². The molecule has 27 heavy (non-hydrogen) atoms. The van der Waals surface area contributed by atoms with Crippen LogP contribution in [0.1, 0.15) is 20.3 Å². The highest BCUT2D eigenvalue weighted by molar-refractivity contribution is 7.92. The number of ether oxygens (including phenoxy) is 1. The van der Waals surface area contributed by atoms with Gasteiger partial charge in [0.25, 0.3) is 0 Å². The average Bonchev–Trinajstić information content (AvgIpc) is 2.61. The van der Waals surface area contributed by atoms with Gasteiger partial charge in [-0.1, -0.05) is 18.5 Å². The van der Waals surface area contributed by atoms with Gasteiger partial charge in [0.2, 0.25) is 15.9 Å². The highest BCUT2D eigenvalue weighted by Gasteiger charge is 2.31. The summed E-state index contributed by atoms with van der Waals surface area (Å²) in [7, 11) is -3.68. The van der Waals surface area contributed by atoms with Crippen molar-refractivity contribution in [1.82, 2.24) is 0 Å². The Morgan fingerprint density at radius 1 is 1.11 bits per heavy atom. The Bertz CT molecular complexity index is 868. The average molecular weight is 411 g/mol. The van der Waals surface area contributed by atoms with Crippen molar-refractivity contribution in [3.05, 3.63) is 53.6 Å². The minimum absolute atomic E-state index is 0.304. The molecule has 2 aromatic rings. The zero-order chi connectivity index (χ0) is 20.0. The normalized spacial score (nSPS) is 12.3. The maximum Gasteiger partial charge on any atom is 0.248 e. The van der Waals surface area contributed by atoms with Crippen molar-refractivity contribution in [2.75, 3.05) is 22.5 Å². The van der Waals surface area contributed by atoms with E-state index in [4.69, 9.17) is 16.3 Å². The van der Waals surface area contributed by atoms with Gasteiger partial charge in [0.05, 0.1) is 18.6 Å². The molecule has 0 aromatic heterocycles. The molecule has 1 atom stereocenters. The smallest absolute Gasteiger partial charge is 0.248 e. The molecule has 0 bridgehead atoms. The number of anilines is 2. The van der Waals surface area contributed by atoms with Crippen LogP contribution < -0.4 is 14.4 Å². The van der Waals surface area contributed by atoms with Crippen LogP contribution in [0.25, 0.3) is 0 Å². The van der Waals surface area contributed by atoms with Gasteiger partial charge in [-0.3, -0.25) is 9.10 Å². The van der Waals surface area contributed by atoms with Crippen LogP contribution in [0.4, 0.5) is 11.4 Å². The fourth-order valence-corrected chi connectivity index (χ4v) is 4.01. The third-order valence-electron chi connectivity index (χ3n) is 3.84. The lowest BCUT2D eigenvalue weighted by molar-refractivity contribution is -0.117. The minimum Gasteiger partial charge on any atom is -0.494 e. The van der Waals surface area contributed by atoms with Crippen molar-refractivity contribution in [2.45, 2.75) is 26.3 Å². The molecule has 8 heteroatoms. The Labute approximate surface area is 165 Å². The number of halogens is 1. The van der Waals surface area contributed by atoms with Gasteiger partial charge in [0.15, 0.2) is 0 Å². The van der Waals surface area contributed by atoms with E-state index in [-0.39, 0.29) is 0 Å². The number of hydrogen-bond donors (Lipinski definition) is 1. The molecule has 0 saturated carbocycles. The van der Waals surface area contributed by atoms with Crippen LogP contribution in [0.2, 0.25) is 5.02 Å². The van der Waals surface area contributed by atoms with E-state index >= 15 is 0 Å². The van der Waals surface area contributed by atoms with Crippen LogP contribution in [0.3, 0.4) is 0 Å². The number of rotatable bonds is 8. The Morgan fingerprint density at radius 2 is 1.70 bits per heavy atom. The highest BCUT2D eigenvalue weighted by Crippen LogP contribution is 2.25. The van der Waals surface area contributed by atoms with Gasteiger partial charge in [-0.25, -0.2) is 8.42 Å². The van der Waals surface area contributed by atoms with Gasteiger partial charge in [0, 0.05) is 10.7 Å². The lowest BCUT2D eigenvalue weighted by Crippen LogP contribution is -2.46. The second-order valence-corrected chi connectivity index (χ2v) is 8.20. The largest absolute Gasteiger partial charge is 0.494 e. The van der Waals surface area contributed by atoms with Crippen molar-refractivity contribution in [1.29, 1.82) is 0 Å². The van der Waals surface area contributed by atoms with Crippen LogP contribution in [0.5, 0.6) is 5.75 Å². The summed E-state index contributed by atoms with van der Waals surface area (Å²) in [5.74, 6) is 0.281. The molecule has 0 radical (unpaired) electrons. The molecular formula is C19H23ClN2O4S. The number of nitrogens with one attached hydrogen (secondary N) is 1. The molecule has 0 aliphatic heterocycles. The second kappa shape index (κ2) is 9.10. The van der Waals surface area contributed by atoms with Crippen molar-refractivity contribution >= 4 is 38.9 Å². The third-order valence-corrected chi connectivity index (χ3v) is 5.28. The zero-order valence-corrected chi connectivity index (χ0v) is 17.0. The molecule has 2 rings (SSSR count). The van der Waals surface area contributed by atoms with E-state index in [1.165, 1.54) is 0 Å². The summed E-state index contributed by atoms with van der Waals surface area (Å²) in [4.78, 5) is 12.8. The predicted molar refractivity (Wildman–Crippen MR) is 109 cm³/mol. The molecule has 0 aliphatic carbocycles. The molecule has 1 N–H and O–H groups in total. The highest BCUT2D eigenvalue weighted by atomic mass is 35.5. The SMILES string of the molecule is CCOc1ccc(NC(=O)[C@H](CC)N(c2ccc(Cl)cc2)S(C)(=O)=O)cc1. The molecular weight excluding hydrogens is 388 g/mol. The van der Waals surface area contributed by atoms with Crippen molar-refractivity contribution in [3.63, 3.8) is 0 Å². The maximum absolute atomic E-state index is 12.8. The van der Waals surface area contributed by atoms with Crippen LogP contribution in [0.15, 0.2) is 48.5 Å². The number of carbonyl (C=O) groups is 1. The van der Waals surface area contributed by atoms with E-state index in [1.807, 2.05) is 6.92 Å². The van der Waals surface area contributed by atoms with E-state index < -0.39 is 22.0 Å². The van der Waals surface area contributed by atoms with E-state index in [2.05, 4.69) is 5.32 Å². The fourth-order valence-electron chi connectivity index (χ4n) is 2.68. The zero-order valence-electron chi connectivity index (χ0n) is 15.5. The Kier molecular flexibility index (Phi) is 7.10. The first-order valence-corrected chi connectivity index (χ1v) is 10.8. The molecule has 146 valence electrons. The molecule has 0 heterocycles. The monoisotopic (exact) mass is 410 g/mol. The number of benzene rings is 2. The van der Waals surface area contributed by atoms with E-state index in [0.717, 1.165) is 10.6 Å². The summed E-state index contributed by atoms with van der Waals surface area (Å²) in [5, 5.41) is 3.25. The summed E-state index contributed by atoms with van der Waals surface area (Å²) < 4.78 is 31.3. The van der Waals surface area contributed by atoms with Crippen molar-refractivity contribution in [2.24, 2.45) is 0 Å². The van der Waals surface area contributed by atoms with E-state index in [0.29, 0.717) is 35.2 Å². The quantitative estimate of drug-likeness (QED) is 0.715. The van der Waals surface area contributed by atoms with Gasteiger partial charge >= 0.3 is 0 Å². The van der Waals surface area contributed by atoms with Crippen LogP contribution in [-0.4, -0.2) is 33.2 Å². The first kappa shape index (κ1) is 21.1. The fraction of sp³-hybridized carbons (Fsp3) is 0.316. The molecule has 0 fully saturated rings. The van der Waals surface area contributed by atoms with E-state index in [1.54, 1.807) is 55.5 Å². The maximum atomic E-state index is 12.8.